The molecule has 0 amide bonds. The van der Waals surface area contributed by atoms with Crippen molar-refractivity contribution >= 4 is 11.3 Å². The normalized spacial score (nSPS) is 24.6. The maximum atomic E-state index is 3.53. The average molecular weight is 264 g/mol. The van der Waals surface area contributed by atoms with E-state index in [4.69, 9.17) is 0 Å². The zero-order valence-electron chi connectivity index (χ0n) is 11.1. The van der Waals surface area contributed by atoms with Gasteiger partial charge in [0.25, 0.3) is 0 Å². The number of hydrogen-bond acceptors (Lipinski definition) is 3. The van der Waals surface area contributed by atoms with E-state index in [1.807, 2.05) is 11.3 Å². The van der Waals surface area contributed by atoms with Crippen molar-refractivity contribution in [2.24, 2.45) is 5.92 Å². The van der Waals surface area contributed by atoms with Gasteiger partial charge in [-0.25, -0.2) is 0 Å². The molecule has 0 radical (unpaired) electrons. The van der Waals surface area contributed by atoms with Crippen molar-refractivity contribution in [3.05, 3.63) is 22.4 Å². The highest BCUT2D eigenvalue weighted by Gasteiger charge is 2.29. The predicted molar refractivity (Wildman–Crippen MR) is 78.0 cm³/mol. The van der Waals surface area contributed by atoms with Gasteiger partial charge in [0, 0.05) is 17.5 Å². The van der Waals surface area contributed by atoms with Gasteiger partial charge in [0.05, 0.1) is 0 Å². The topological polar surface area (TPSA) is 15.3 Å². The van der Waals surface area contributed by atoms with Gasteiger partial charge in [0.2, 0.25) is 0 Å². The Kier molecular flexibility index (Phi) is 4.34. The van der Waals surface area contributed by atoms with Crippen molar-refractivity contribution in [1.29, 1.82) is 0 Å². The quantitative estimate of drug-likeness (QED) is 0.849. The summed E-state index contributed by atoms with van der Waals surface area (Å²) in [6.45, 7) is 4.97. The van der Waals surface area contributed by atoms with Gasteiger partial charge in [-0.15, -0.1) is 11.3 Å². The number of hydrogen-bond donors (Lipinski definition) is 1. The second-order valence-electron chi connectivity index (χ2n) is 5.78. The summed E-state index contributed by atoms with van der Waals surface area (Å²) in [6.07, 6.45) is 7.04. The Balaban J connectivity index is 1.47. The molecule has 1 aromatic rings. The lowest BCUT2D eigenvalue weighted by Crippen LogP contribution is -2.33. The lowest BCUT2D eigenvalue weighted by atomic mass is 9.96. The summed E-state index contributed by atoms with van der Waals surface area (Å²) in [7, 11) is 0. The minimum Gasteiger partial charge on any atom is -0.316 e. The summed E-state index contributed by atoms with van der Waals surface area (Å²) in [5.41, 5.74) is 0. The maximum absolute atomic E-state index is 3.53. The van der Waals surface area contributed by atoms with Crippen LogP contribution in [0, 0.1) is 5.92 Å². The maximum Gasteiger partial charge on any atom is 0.0330 e. The molecule has 1 aromatic heterocycles. The third kappa shape index (κ3) is 3.56. The molecule has 2 aliphatic rings. The molecule has 1 saturated carbocycles. The largest absolute Gasteiger partial charge is 0.316 e. The van der Waals surface area contributed by atoms with Gasteiger partial charge in [-0.2, -0.15) is 0 Å². The number of nitrogens with one attached hydrogen (secondary N) is 1. The molecule has 1 aliphatic heterocycles. The summed E-state index contributed by atoms with van der Waals surface area (Å²) in [6, 6.07) is 5.35. The van der Waals surface area contributed by atoms with Crippen molar-refractivity contribution in [2.45, 2.75) is 44.7 Å². The SMILES string of the molecule is c1csc(CN(CCC2CCCNC2)C2CC2)c1. The van der Waals surface area contributed by atoms with Gasteiger partial charge in [0.1, 0.15) is 0 Å². The Morgan fingerprint density at radius 2 is 2.28 bits per heavy atom. The van der Waals surface area contributed by atoms with E-state index in [2.05, 4.69) is 27.7 Å². The monoisotopic (exact) mass is 264 g/mol. The van der Waals surface area contributed by atoms with E-state index in [9.17, 15) is 0 Å². The number of thiophene rings is 1. The number of piperidine rings is 1. The van der Waals surface area contributed by atoms with E-state index in [0.717, 1.165) is 12.0 Å². The molecule has 1 N–H and O–H groups in total. The highest BCUT2D eigenvalue weighted by Crippen LogP contribution is 2.30. The molecule has 0 bridgehead atoms. The third-order valence-corrected chi connectivity index (χ3v) is 5.09. The highest BCUT2D eigenvalue weighted by atomic mass is 32.1. The minimum atomic E-state index is 0.892. The van der Waals surface area contributed by atoms with Crippen LogP contribution in [-0.4, -0.2) is 30.6 Å². The van der Waals surface area contributed by atoms with Gasteiger partial charge in [-0.3, -0.25) is 4.90 Å². The van der Waals surface area contributed by atoms with Gasteiger partial charge in [0.15, 0.2) is 0 Å². The fourth-order valence-corrected chi connectivity index (χ4v) is 3.68. The van der Waals surface area contributed by atoms with Crippen LogP contribution in [-0.2, 0) is 6.54 Å². The van der Waals surface area contributed by atoms with Gasteiger partial charge in [-0.1, -0.05) is 6.07 Å². The van der Waals surface area contributed by atoms with Crippen LogP contribution in [0.1, 0.15) is 37.0 Å². The molecule has 3 rings (SSSR count). The lowest BCUT2D eigenvalue weighted by molar-refractivity contribution is 0.223. The second kappa shape index (κ2) is 6.18. The van der Waals surface area contributed by atoms with Crippen molar-refractivity contribution < 1.29 is 0 Å². The number of nitrogens with zero attached hydrogens (tertiary/aromatic N) is 1. The van der Waals surface area contributed by atoms with Crippen LogP contribution in [0.2, 0.25) is 0 Å². The molecular formula is C15H24N2S. The van der Waals surface area contributed by atoms with Crippen molar-refractivity contribution in [1.82, 2.24) is 10.2 Å². The fraction of sp³-hybridized carbons (Fsp3) is 0.733. The zero-order chi connectivity index (χ0) is 12.2. The summed E-state index contributed by atoms with van der Waals surface area (Å²) in [4.78, 5) is 4.25. The Bertz CT molecular complexity index is 339. The molecule has 1 unspecified atom stereocenters. The summed E-state index contributed by atoms with van der Waals surface area (Å²) in [5, 5.41) is 5.73. The van der Waals surface area contributed by atoms with E-state index < -0.39 is 0 Å². The van der Waals surface area contributed by atoms with Gasteiger partial charge >= 0.3 is 0 Å². The Labute approximate surface area is 114 Å². The highest BCUT2D eigenvalue weighted by molar-refractivity contribution is 7.09. The Morgan fingerprint density at radius 1 is 1.33 bits per heavy atom. The summed E-state index contributed by atoms with van der Waals surface area (Å²) in [5.74, 6) is 0.920. The van der Waals surface area contributed by atoms with Crippen LogP contribution < -0.4 is 5.32 Å². The second-order valence-corrected chi connectivity index (χ2v) is 6.81. The molecule has 0 aromatic carbocycles. The third-order valence-electron chi connectivity index (χ3n) is 4.23. The predicted octanol–water partition coefficient (Wildman–Crippen LogP) is 3.10. The Hall–Kier alpha value is -0.380. The van der Waals surface area contributed by atoms with Gasteiger partial charge < -0.3 is 5.32 Å². The molecule has 2 nitrogen and oxygen atoms in total. The average Bonchev–Trinajstić information content (AvgIpc) is 3.13. The minimum absolute atomic E-state index is 0.892. The van der Waals surface area contributed by atoms with Gasteiger partial charge in [-0.05, 0) is 69.1 Å². The van der Waals surface area contributed by atoms with Crippen LogP contribution in [0.3, 0.4) is 0 Å². The molecule has 1 atom stereocenters. The van der Waals surface area contributed by atoms with Crippen molar-refractivity contribution in [2.75, 3.05) is 19.6 Å². The first-order valence-corrected chi connectivity index (χ1v) is 8.27. The van der Waals surface area contributed by atoms with E-state index >= 15 is 0 Å². The molecule has 18 heavy (non-hydrogen) atoms. The first-order valence-electron chi connectivity index (χ1n) is 7.39. The zero-order valence-corrected chi connectivity index (χ0v) is 11.9. The smallest absolute Gasteiger partial charge is 0.0330 e. The van der Waals surface area contributed by atoms with Crippen LogP contribution in [0.5, 0.6) is 0 Å². The van der Waals surface area contributed by atoms with Crippen LogP contribution in [0.15, 0.2) is 17.5 Å². The molecule has 3 heteroatoms. The first kappa shape index (κ1) is 12.6. The van der Waals surface area contributed by atoms with Crippen molar-refractivity contribution in [3.8, 4) is 0 Å². The first-order chi connectivity index (χ1) is 8.92. The standard InChI is InChI=1S/C15H24N2S/c1-3-13(11-16-8-1)7-9-17(14-5-6-14)12-15-4-2-10-18-15/h2,4,10,13-14,16H,1,3,5-9,11-12H2. The summed E-state index contributed by atoms with van der Waals surface area (Å²) < 4.78 is 0. The number of rotatable bonds is 6. The lowest BCUT2D eigenvalue weighted by Gasteiger charge is -2.27. The molecule has 100 valence electrons. The molecule has 2 heterocycles. The van der Waals surface area contributed by atoms with E-state index in [1.165, 1.54) is 63.2 Å². The molecule has 1 aliphatic carbocycles. The Morgan fingerprint density at radius 3 is 2.94 bits per heavy atom. The molecular weight excluding hydrogens is 240 g/mol. The van der Waals surface area contributed by atoms with E-state index in [1.54, 1.807) is 0 Å². The van der Waals surface area contributed by atoms with Crippen LogP contribution in [0.4, 0.5) is 0 Å². The summed E-state index contributed by atoms with van der Waals surface area (Å²) >= 11 is 1.90. The van der Waals surface area contributed by atoms with Crippen LogP contribution >= 0.6 is 11.3 Å². The molecule has 2 fully saturated rings. The van der Waals surface area contributed by atoms with E-state index in [-0.39, 0.29) is 0 Å². The van der Waals surface area contributed by atoms with E-state index in [0.29, 0.717) is 0 Å². The van der Waals surface area contributed by atoms with Crippen molar-refractivity contribution in [3.63, 3.8) is 0 Å². The molecule has 0 spiro atoms. The molecule has 1 saturated heterocycles. The van der Waals surface area contributed by atoms with Crippen LogP contribution in [0.25, 0.3) is 0 Å². The fourth-order valence-electron chi connectivity index (χ4n) is 2.95.